The highest BCUT2D eigenvalue weighted by Crippen LogP contribution is 2.25. The molecule has 2 aromatic rings. The van der Waals surface area contributed by atoms with Gasteiger partial charge in [-0.15, -0.1) is 11.3 Å². The SMILES string of the molecule is FC(F)Oc1ccc(-c2csc(=NC[C@H]3CCCO3)n2N=C2CCCCC2)cc1. The van der Waals surface area contributed by atoms with Gasteiger partial charge < -0.3 is 9.47 Å². The van der Waals surface area contributed by atoms with Crippen LogP contribution < -0.4 is 9.54 Å². The van der Waals surface area contributed by atoms with E-state index in [9.17, 15) is 8.78 Å². The van der Waals surface area contributed by atoms with Crippen LogP contribution in [0.4, 0.5) is 8.78 Å². The normalized spacial score (nSPS) is 20.4. The van der Waals surface area contributed by atoms with E-state index in [-0.39, 0.29) is 11.9 Å². The fourth-order valence-corrected chi connectivity index (χ4v) is 4.52. The van der Waals surface area contributed by atoms with E-state index in [1.807, 2.05) is 10.1 Å². The third-order valence-electron chi connectivity index (χ3n) is 5.19. The van der Waals surface area contributed by atoms with Crippen LogP contribution in [-0.4, -0.2) is 36.3 Å². The summed E-state index contributed by atoms with van der Waals surface area (Å²) in [6, 6.07) is 6.67. The van der Waals surface area contributed by atoms with E-state index in [1.54, 1.807) is 35.6 Å². The zero-order valence-electron chi connectivity index (χ0n) is 16.2. The lowest BCUT2D eigenvalue weighted by Crippen LogP contribution is -2.19. The highest BCUT2D eigenvalue weighted by molar-refractivity contribution is 7.07. The Kier molecular flexibility index (Phi) is 6.71. The molecule has 0 N–H and O–H groups in total. The van der Waals surface area contributed by atoms with E-state index in [1.165, 1.54) is 25.0 Å². The predicted octanol–water partition coefficient (Wildman–Crippen LogP) is 5.07. The van der Waals surface area contributed by atoms with Gasteiger partial charge in [0.1, 0.15) is 5.75 Å². The lowest BCUT2D eigenvalue weighted by Gasteiger charge is -2.13. The van der Waals surface area contributed by atoms with Crippen LogP contribution >= 0.6 is 11.3 Å². The summed E-state index contributed by atoms with van der Waals surface area (Å²) in [5.74, 6) is 0.146. The highest BCUT2D eigenvalue weighted by atomic mass is 32.1. The third kappa shape index (κ3) is 5.30. The van der Waals surface area contributed by atoms with Gasteiger partial charge in [0, 0.05) is 23.3 Å². The molecule has 2 heterocycles. The van der Waals surface area contributed by atoms with E-state index in [0.29, 0.717) is 6.54 Å². The van der Waals surface area contributed by atoms with Crippen molar-refractivity contribution in [1.82, 2.24) is 4.68 Å². The van der Waals surface area contributed by atoms with Crippen LogP contribution in [0.3, 0.4) is 0 Å². The molecule has 1 aliphatic carbocycles. The number of hydrogen-bond donors (Lipinski definition) is 0. The van der Waals surface area contributed by atoms with Crippen LogP contribution in [0.15, 0.2) is 39.7 Å². The number of halogens is 2. The second-order valence-corrected chi connectivity index (χ2v) is 8.16. The highest BCUT2D eigenvalue weighted by Gasteiger charge is 2.16. The fraction of sp³-hybridized carbons (Fsp3) is 0.524. The maximum absolute atomic E-state index is 12.4. The summed E-state index contributed by atoms with van der Waals surface area (Å²) in [4.78, 5) is 5.62. The first-order valence-corrected chi connectivity index (χ1v) is 11.0. The second kappa shape index (κ2) is 9.63. The standard InChI is InChI=1S/C21H25F2N3O2S/c22-20(23)28-17-10-8-15(9-11-17)19-14-29-21(24-13-18-7-4-12-27-18)26(19)25-16-5-2-1-3-6-16/h8-11,14,18,20H,1-7,12-13H2/t18-/m1/s1. The minimum absolute atomic E-state index is 0.146. The van der Waals surface area contributed by atoms with E-state index in [4.69, 9.17) is 14.8 Å². The number of thiazole rings is 1. The minimum atomic E-state index is -2.83. The van der Waals surface area contributed by atoms with Gasteiger partial charge >= 0.3 is 6.61 Å². The topological polar surface area (TPSA) is 48.1 Å². The van der Waals surface area contributed by atoms with Crippen molar-refractivity contribution in [2.75, 3.05) is 13.2 Å². The first-order chi connectivity index (χ1) is 14.2. The number of rotatable bonds is 6. The molecule has 2 fully saturated rings. The Balaban J connectivity index is 1.66. The number of aromatic nitrogens is 1. The zero-order chi connectivity index (χ0) is 20.1. The molecule has 0 radical (unpaired) electrons. The minimum Gasteiger partial charge on any atom is -0.435 e. The van der Waals surface area contributed by atoms with Gasteiger partial charge in [-0.2, -0.15) is 13.9 Å². The van der Waals surface area contributed by atoms with E-state index >= 15 is 0 Å². The Hall–Kier alpha value is -2.06. The van der Waals surface area contributed by atoms with Crippen LogP contribution in [0.5, 0.6) is 5.75 Å². The summed E-state index contributed by atoms with van der Waals surface area (Å²) in [5, 5.41) is 6.95. The Bertz CT molecular complexity index is 891. The smallest absolute Gasteiger partial charge is 0.387 e. The molecule has 0 spiro atoms. The summed E-state index contributed by atoms with van der Waals surface area (Å²) < 4.78 is 36.9. The van der Waals surface area contributed by atoms with Crippen LogP contribution in [0, 0.1) is 0 Å². The third-order valence-corrected chi connectivity index (χ3v) is 6.04. The first-order valence-electron chi connectivity index (χ1n) is 10.1. The molecule has 1 atom stereocenters. The number of hydrogen-bond acceptors (Lipinski definition) is 5. The monoisotopic (exact) mass is 421 g/mol. The Morgan fingerprint density at radius 2 is 1.93 bits per heavy atom. The zero-order valence-corrected chi connectivity index (χ0v) is 17.0. The number of ether oxygens (including phenoxy) is 2. The Labute approximate surface area is 172 Å². The molecule has 1 saturated carbocycles. The van der Waals surface area contributed by atoms with Gasteiger partial charge in [-0.3, -0.25) is 4.99 Å². The summed E-state index contributed by atoms with van der Waals surface area (Å²) in [7, 11) is 0. The van der Waals surface area contributed by atoms with Crippen LogP contribution in [-0.2, 0) is 4.74 Å². The average molecular weight is 422 g/mol. The molecule has 1 aliphatic heterocycles. The van der Waals surface area contributed by atoms with Gasteiger partial charge in [0.2, 0.25) is 4.80 Å². The van der Waals surface area contributed by atoms with Gasteiger partial charge in [0.25, 0.3) is 0 Å². The van der Waals surface area contributed by atoms with Gasteiger partial charge in [0.15, 0.2) is 0 Å². The molecular formula is C21H25F2N3O2S. The van der Waals surface area contributed by atoms with Gasteiger partial charge in [-0.1, -0.05) is 6.42 Å². The Morgan fingerprint density at radius 3 is 2.62 bits per heavy atom. The number of nitrogens with zero attached hydrogens (tertiary/aromatic N) is 3. The molecule has 2 aliphatic rings. The van der Waals surface area contributed by atoms with Crippen molar-refractivity contribution in [2.45, 2.75) is 57.7 Å². The van der Waals surface area contributed by atoms with Gasteiger partial charge in [0.05, 0.1) is 18.3 Å². The van der Waals surface area contributed by atoms with Gasteiger partial charge in [-0.05, 0) is 62.8 Å². The molecule has 1 aromatic heterocycles. The van der Waals surface area contributed by atoms with E-state index < -0.39 is 6.61 Å². The second-order valence-electron chi connectivity index (χ2n) is 7.32. The molecule has 156 valence electrons. The van der Waals surface area contributed by atoms with Crippen LogP contribution in [0.2, 0.25) is 0 Å². The Morgan fingerprint density at radius 1 is 1.14 bits per heavy atom. The van der Waals surface area contributed by atoms with Crippen molar-refractivity contribution in [1.29, 1.82) is 0 Å². The molecule has 1 aromatic carbocycles. The molecule has 4 rings (SSSR count). The molecule has 0 amide bonds. The van der Waals surface area contributed by atoms with Crippen molar-refractivity contribution in [2.24, 2.45) is 10.1 Å². The van der Waals surface area contributed by atoms with Gasteiger partial charge in [-0.25, -0.2) is 4.68 Å². The molecule has 1 saturated heterocycles. The lowest BCUT2D eigenvalue weighted by molar-refractivity contribution is -0.0498. The van der Waals surface area contributed by atoms with Crippen molar-refractivity contribution in [3.8, 4) is 17.0 Å². The molecule has 5 nitrogen and oxygen atoms in total. The van der Waals surface area contributed by atoms with Crippen molar-refractivity contribution < 1.29 is 18.3 Å². The van der Waals surface area contributed by atoms with Crippen molar-refractivity contribution >= 4 is 17.0 Å². The van der Waals surface area contributed by atoms with E-state index in [0.717, 1.165) is 48.3 Å². The lowest BCUT2D eigenvalue weighted by atomic mass is 9.99. The molecular weight excluding hydrogens is 396 g/mol. The number of benzene rings is 1. The average Bonchev–Trinajstić information content (AvgIpc) is 3.38. The van der Waals surface area contributed by atoms with Crippen molar-refractivity contribution in [3.05, 3.63) is 34.4 Å². The van der Waals surface area contributed by atoms with Crippen LogP contribution in [0.1, 0.15) is 44.9 Å². The molecule has 8 heteroatoms. The summed E-state index contributed by atoms with van der Waals surface area (Å²) >= 11 is 1.54. The van der Waals surface area contributed by atoms with E-state index in [2.05, 4.69) is 4.74 Å². The first kappa shape index (κ1) is 20.2. The maximum atomic E-state index is 12.4. The fourth-order valence-electron chi connectivity index (χ4n) is 3.68. The predicted molar refractivity (Wildman–Crippen MR) is 110 cm³/mol. The van der Waals surface area contributed by atoms with Crippen molar-refractivity contribution in [3.63, 3.8) is 0 Å². The summed E-state index contributed by atoms with van der Waals surface area (Å²) in [6.45, 7) is -1.38. The molecule has 0 unspecified atom stereocenters. The summed E-state index contributed by atoms with van der Waals surface area (Å²) in [6.07, 6.45) is 7.92. The quantitative estimate of drug-likeness (QED) is 0.654. The van der Waals surface area contributed by atoms with Crippen LogP contribution in [0.25, 0.3) is 11.3 Å². The number of alkyl halides is 2. The molecule has 29 heavy (non-hydrogen) atoms. The largest absolute Gasteiger partial charge is 0.435 e. The molecule has 0 bridgehead atoms. The maximum Gasteiger partial charge on any atom is 0.387 e. The summed E-state index contributed by atoms with van der Waals surface area (Å²) in [5.41, 5.74) is 2.98.